The molecular formula is C19H23F2N5O3S. The molecule has 0 aliphatic carbocycles. The summed E-state index contributed by atoms with van der Waals surface area (Å²) in [6, 6.07) is 4.63. The Labute approximate surface area is 174 Å². The first-order chi connectivity index (χ1) is 14.4. The molecule has 2 aromatic rings. The van der Waals surface area contributed by atoms with Gasteiger partial charge in [0.25, 0.3) is 0 Å². The van der Waals surface area contributed by atoms with Crippen LogP contribution in [0.15, 0.2) is 30.5 Å². The van der Waals surface area contributed by atoms with Crippen LogP contribution in [-0.4, -0.2) is 75.2 Å². The van der Waals surface area contributed by atoms with Crippen LogP contribution >= 0.6 is 0 Å². The van der Waals surface area contributed by atoms with Crippen molar-refractivity contribution in [1.29, 1.82) is 0 Å². The van der Waals surface area contributed by atoms with Crippen molar-refractivity contribution in [2.45, 2.75) is 5.75 Å². The summed E-state index contributed by atoms with van der Waals surface area (Å²) in [5.74, 6) is -0.625. The van der Waals surface area contributed by atoms with Crippen LogP contribution in [0, 0.1) is 11.6 Å². The third-order valence-electron chi connectivity index (χ3n) is 5.15. The normalized spacial score (nSPS) is 18.6. The molecule has 2 aliphatic rings. The van der Waals surface area contributed by atoms with Crippen LogP contribution in [0.4, 0.5) is 20.5 Å². The number of ether oxygens (including phenoxy) is 1. The maximum absolute atomic E-state index is 13.4. The standard InChI is InChI=1S/C19H23F2N5O3S/c20-16-11-15(12-17(21)13-16)14-30(27,28)26-5-3-24(4-6-26)18-1-2-22-19(23-18)25-7-9-29-10-8-25/h1-2,11-13H,3-10,14H2. The molecule has 30 heavy (non-hydrogen) atoms. The van der Waals surface area contributed by atoms with E-state index < -0.39 is 27.4 Å². The van der Waals surface area contributed by atoms with E-state index in [0.29, 0.717) is 32.3 Å². The molecule has 3 heterocycles. The highest BCUT2D eigenvalue weighted by atomic mass is 32.2. The fraction of sp³-hybridized carbons (Fsp3) is 0.474. The van der Waals surface area contributed by atoms with E-state index in [1.54, 1.807) is 6.20 Å². The van der Waals surface area contributed by atoms with E-state index in [-0.39, 0.29) is 18.7 Å². The monoisotopic (exact) mass is 439 g/mol. The third kappa shape index (κ3) is 4.85. The van der Waals surface area contributed by atoms with Gasteiger partial charge in [0, 0.05) is 51.5 Å². The molecule has 0 radical (unpaired) electrons. The van der Waals surface area contributed by atoms with Crippen LogP contribution in [0.3, 0.4) is 0 Å². The maximum atomic E-state index is 13.4. The molecule has 0 N–H and O–H groups in total. The van der Waals surface area contributed by atoms with Crippen LogP contribution in [0.25, 0.3) is 0 Å². The Hall–Kier alpha value is -2.37. The van der Waals surface area contributed by atoms with Crippen LogP contribution < -0.4 is 9.80 Å². The Morgan fingerprint density at radius 2 is 1.60 bits per heavy atom. The first-order valence-electron chi connectivity index (χ1n) is 9.74. The lowest BCUT2D eigenvalue weighted by Gasteiger charge is -2.35. The summed E-state index contributed by atoms with van der Waals surface area (Å²) in [5.41, 5.74) is 0.0980. The summed E-state index contributed by atoms with van der Waals surface area (Å²) in [7, 11) is -3.68. The zero-order chi connectivity index (χ0) is 21.1. The highest BCUT2D eigenvalue weighted by Gasteiger charge is 2.28. The third-order valence-corrected chi connectivity index (χ3v) is 7.00. The molecular weight excluding hydrogens is 416 g/mol. The minimum absolute atomic E-state index is 0.0980. The van der Waals surface area contributed by atoms with Crippen molar-refractivity contribution in [3.63, 3.8) is 0 Å². The number of aromatic nitrogens is 2. The number of hydrogen-bond donors (Lipinski definition) is 0. The Balaban J connectivity index is 1.39. The van der Waals surface area contributed by atoms with Crippen LogP contribution in [0.5, 0.6) is 0 Å². The number of sulfonamides is 1. The summed E-state index contributed by atoms with van der Waals surface area (Å²) in [6.07, 6.45) is 1.70. The van der Waals surface area contributed by atoms with Crippen molar-refractivity contribution >= 4 is 21.8 Å². The summed E-state index contributed by atoms with van der Waals surface area (Å²) in [4.78, 5) is 13.0. The predicted octanol–water partition coefficient (Wildman–Crippen LogP) is 1.24. The predicted molar refractivity (Wildman–Crippen MR) is 108 cm³/mol. The maximum Gasteiger partial charge on any atom is 0.227 e. The van der Waals surface area contributed by atoms with Crippen molar-refractivity contribution in [1.82, 2.24) is 14.3 Å². The number of halogens is 2. The van der Waals surface area contributed by atoms with Gasteiger partial charge in [-0.15, -0.1) is 0 Å². The highest BCUT2D eigenvalue weighted by Crippen LogP contribution is 2.20. The van der Waals surface area contributed by atoms with E-state index in [2.05, 4.69) is 14.9 Å². The molecule has 11 heteroatoms. The second kappa shape index (κ2) is 8.78. The molecule has 8 nitrogen and oxygen atoms in total. The number of piperazine rings is 1. The van der Waals surface area contributed by atoms with Crippen molar-refractivity contribution in [3.05, 3.63) is 47.7 Å². The SMILES string of the molecule is O=S(=O)(Cc1cc(F)cc(F)c1)N1CCN(c2ccnc(N3CCOCC3)n2)CC1. The zero-order valence-electron chi connectivity index (χ0n) is 16.4. The van der Waals surface area contributed by atoms with Gasteiger partial charge in [0.05, 0.1) is 19.0 Å². The molecule has 4 rings (SSSR count). The van der Waals surface area contributed by atoms with Gasteiger partial charge in [-0.1, -0.05) is 0 Å². The minimum atomic E-state index is -3.68. The van der Waals surface area contributed by atoms with Crippen molar-refractivity contribution in [3.8, 4) is 0 Å². The van der Waals surface area contributed by atoms with Crippen LogP contribution in [0.1, 0.15) is 5.56 Å². The molecule has 2 aliphatic heterocycles. The quantitative estimate of drug-likeness (QED) is 0.694. The van der Waals surface area contributed by atoms with Gasteiger partial charge in [-0.25, -0.2) is 22.2 Å². The molecule has 1 aromatic heterocycles. The highest BCUT2D eigenvalue weighted by molar-refractivity contribution is 7.88. The number of morpholine rings is 1. The number of nitrogens with zero attached hydrogens (tertiary/aromatic N) is 5. The largest absolute Gasteiger partial charge is 0.378 e. The van der Waals surface area contributed by atoms with Gasteiger partial charge in [0.15, 0.2) is 0 Å². The fourth-order valence-corrected chi connectivity index (χ4v) is 5.11. The summed E-state index contributed by atoms with van der Waals surface area (Å²) < 4.78 is 58.9. The van der Waals surface area contributed by atoms with E-state index >= 15 is 0 Å². The summed E-state index contributed by atoms with van der Waals surface area (Å²) >= 11 is 0. The van der Waals surface area contributed by atoms with Gasteiger partial charge in [0.2, 0.25) is 16.0 Å². The second-order valence-electron chi connectivity index (χ2n) is 7.23. The van der Waals surface area contributed by atoms with Crippen molar-refractivity contribution < 1.29 is 21.9 Å². The number of benzene rings is 1. The summed E-state index contributed by atoms with van der Waals surface area (Å²) in [6.45, 7) is 4.23. The Bertz CT molecular complexity index is 973. The molecule has 0 bridgehead atoms. The van der Waals surface area contributed by atoms with Crippen LogP contribution in [0.2, 0.25) is 0 Å². The van der Waals surface area contributed by atoms with E-state index in [1.807, 2.05) is 11.0 Å². The Morgan fingerprint density at radius 1 is 0.933 bits per heavy atom. The van der Waals surface area contributed by atoms with Gasteiger partial charge in [-0.2, -0.15) is 9.29 Å². The molecule has 2 saturated heterocycles. The van der Waals surface area contributed by atoms with Gasteiger partial charge in [-0.05, 0) is 23.8 Å². The Morgan fingerprint density at radius 3 is 2.27 bits per heavy atom. The summed E-state index contributed by atoms with van der Waals surface area (Å²) in [5, 5.41) is 0. The molecule has 0 spiro atoms. The molecule has 0 unspecified atom stereocenters. The van der Waals surface area contributed by atoms with Gasteiger partial charge < -0.3 is 14.5 Å². The second-order valence-corrected chi connectivity index (χ2v) is 9.20. The van der Waals surface area contributed by atoms with Crippen molar-refractivity contribution in [2.75, 3.05) is 62.3 Å². The number of anilines is 2. The topological polar surface area (TPSA) is 78.9 Å². The number of hydrogen-bond acceptors (Lipinski definition) is 7. The van der Waals surface area contributed by atoms with Gasteiger partial charge in [0.1, 0.15) is 17.5 Å². The smallest absolute Gasteiger partial charge is 0.227 e. The average Bonchev–Trinajstić information content (AvgIpc) is 2.73. The zero-order valence-corrected chi connectivity index (χ0v) is 17.2. The van der Waals surface area contributed by atoms with E-state index in [0.717, 1.165) is 37.1 Å². The fourth-order valence-electron chi connectivity index (χ4n) is 3.62. The molecule has 1 aromatic carbocycles. The molecule has 2 fully saturated rings. The van der Waals surface area contributed by atoms with E-state index in [9.17, 15) is 17.2 Å². The molecule has 0 saturated carbocycles. The van der Waals surface area contributed by atoms with Crippen LogP contribution in [-0.2, 0) is 20.5 Å². The first kappa shape index (κ1) is 20.9. The lowest BCUT2D eigenvalue weighted by atomic mass is 10.2. The average molecular weight is 439 g/mol. The molecule has 0 amide bonds. The lowest BCUT2D eigenvalue weighted by molar-refractivity contribution is 0.122. The number of rotatable bonds is 5. The molecule has 162 valence electrons. The van der Waals surface area contributed by atoms with Crippen molar-refractivity contribution in [2.24, 2.45) is 0 Å². The lowest BCUT2D eigenvalue weighted by Crippen LogP contribution is -2.49. The van der Waals surface area contributed by atoms with E-state index in [4.69, 9.17) is 4.74 Å². The van der Waals surface area contributed by atoms with Gasteiger partial charge >= 0.3 is 0 Å². The van der Waals surface area contributed by atoms with Gasteiger partial charge in [-0.3, -0.25) is 0 Å². The first-order valence-corrected chi connectivity index (χ1v) is 11.4. The van der Waals surface area contributed by atoms with E-state index in [1.165, 1.54) is 4.31 Å². The Kier molecular flexibility index (Phi) is 6.11. The molecule has 0 atom stereocenters. The minimum Gasteiger partial charge on any atom is -0.378 e.